The number of nitrogens with zero attached hydrogens (tertiary/aromatic N) is 2. The zero-order chi connectivity index (χ0) is 15.4. The van der Waals surface area contributed by atoms with Gasteiger partial charge in [-0.15, -0.1) is 11.6 Å². The van der Waals surface area contributed by atoms with E-state index in [0.29, 0.717) is 18.8 Å². The number of nitro benzene ring substituents is 1. The maximum Gasteiger partial charge on any atom is 0.272 e. The summed E-state index contributed by atoms with van der Waals surface area (Å²) in [6.45, 7) is 0.566. The van der Waals surface area contributed by atoms with Crippen LogP contribution in [0.4, 0.5) is 10.1 Å². The molecule has 0 bridgehead atoms. The van der Waals surface area contributed by atoms with E-state index in [9.17, 15) is 19.3 Å². The van der Waals surface area contributed by atoms with Crippen LogP contribution in [0.25, 0.3) is 0 Å². The van der Waals surface area contributed by atoms with Crippen LogP contribution in [0.5, 0.6) is 0 Å². The number of likely N-dealkylation sites (tertiary alicyclic amines) is 1. The number of amides is 1. The van der Waals surface area contributed by atoms with E-state index in [1.807, 2.05) is 0 Å². The Balaban J connectivity index is 2.23. The fourth-order valence-corrected chi connectivity index (χ4v) is 2.89. The molecule has 1 fully saturated rings. The molecule has 114 valence electrons. The normalized spacial score (nSPS) is 18.6. The van der Waals surface area contributed by atoms with Crippen molar-refractivity contribution >= 4 is 23.2 Å². The summed E-state index contributed by atoms with van der Waals surface area (Å²) in [6.07, 6.45) is 3.42. The SMILES string of the molecule is O=C(c1ccc([N+](=O)[O-])cc1F)N1CCCCC1CCCl. The van der Waals surface area contributed by atoms with Crippen molar-refractivity contribution < 1.29 is 14.1 Å². The lowest BCUT2D eigenvalue weighted by atomic mass is 9.98. The fraction of sp³-hybridized carbons (Fsp3) is 0.500. The highest BCUT2D eigenvalue weighted by Crippen LogP contribution is 2.24. The average molecular weight is 315 g/mol. The van der Waals surface area contributed by atoms with Gasteiger partial charge in [-0.2, -0.15) is 0 Å². The quantitative estimate of drug-likeness (QED) is 0.486. The molecule has 1 aliphatic rings. The van der Waals surface area contributed by atoms with Crippen LogP contribution in [0, 0.1) is 15.9 Å². The number of alkyl halides is 1. The Morgan fingerprint density at radius 2 is 2.24 bits per heavy atom. The molecule has 0 radical (unpaired) electrons. The van der Waals surface area contributed by atoms with Crippen LogP contribution in [-0.4, -0.2) is 34.2 Å². The number of carbonyl (C=O) groups excluding carboxylic acids is 1. The van der Waals surface area contributed by atoms with E-state index in [2.05, 4.69) is 0 Å². The predicted octanol–water partition coefficient (Wildman–Crippen LogP) is 3.36. The Morgan fingerprint density at radius 1 is 1.48 bits per heavy atom. The molecule has 1 amide bonds. The number of nitro groups is 1. The number of carbonyl (C=O) groups is 1. The summed E-state index contributed by atoms with van der Waals surface area (Å²) in [6, 6.07) is 3.13. The minimum Gasteiger partial charge on any atom is -0.336 e. The number of hydrogen-bond acceptors (Lipinski definition) is 3. The number of benzene rings is 1. The van der Waals surface area contributed by atoms with E-state index in [1.165, 1.54) is 6.07 Å². The molecule has 5 nitrogen and oxygen atoms in total. The lowest BCUT2D eigenvalue weighted by Crippen LogP contribution is -2.44. The number of rotatable bonds is 4. The largest absolute Gasteiger partial charge is 0.336 e. The van der Waals surface area contributed by atoms with Gasteiger partial charge in [0.2, 0.25) is 0 Å². The molecule has 0 aromatic heterocycles. The van der Waals surface area contributed by atoms with Gasteiger partial charge >= 0.3 is 0 Å². The second kappa shape index (κ2) is 6.85. The van der Waals surface area contributed by atoms with Crippen molar-refractivity contribution in [1.29, 1.82) is 0 Å². The first-order chi connectivity index (χ1) is 10.0. The zero-order valence-electron chi connectivity index (χ0n) is 11.4. The molecule has 0 aliphatic carbocycles. The molecule has 0 N–H and O–H groups in total. The predicted molar refractivity (Wildman–Crippen MR) is 77.1 cm³/mol. The Labute approximate surface area is 126 Å². The lowest BCUT2D eigenvalue weighted by Gasteiger charge is -2.35. The van der Waals surface area contributed by atoms with E-state index < -0.39 is 16.6 Å². The summed E-state index contributed by atoms with van der Waals surface area (Å²) in [4.78, 5) is 24.0. The number of piperidine rings is 1. The van der Waals surface area contributed by atoms with Crippen LogP contribution in [0.1, 0.15) is 36.0 Å². The fourth-order valence-electron chi connectivity index (χ4n) is 2.64. The van der Waals surface area contributed by atoms with Crippen LogP contribution in [-0.2, 0) is 0 Å². The van der Waals surface area contributed by atoms with Gasteiger partial charge in [0.15, 0.2) is 0 Å². The third-order valence-electron chi connectivity index (χ3n) is 3.72. The van der Waals surface area contributed by atoms with Crippen molar-refractivity contribution in [1.82, 2.24) is 4.90 Å². The van der Waals surface area contributed by atoms with Gasteiger partial charge in [-0.1, -0.05) is 0 Å². The van der Waals surface area contributed by atoms with E-state index in [0.717, 1.165) is 31.4 Å². The third kappa shape index (κ3) is 3.50. The summed E-state index contributed by atoms with van der Waals surface area (Å²) >= 11 is 5.75. The molecule has 1 aliphatic heterocycles. The molecule has 2 rings (SSSR count). The van der Waals surface area contributed by atoms with Crippen molar-refractivity contribution in [2.45, 2.75) is 31.7 Å². The molecule has 1 atom stereocenters. The van der Waals surface area contributed by atoms with Crippen LogP contribution >= 0.6 is 11.6 Å². The Bertz CT molecular complexity index is 551. The molecular formula is C14H16ClFN2O3. The van der Waals surface area contributed by atoms with Crippen LogP contribution in [0.3, 0.4) is 0 Å². The summed E-state index contributed by atoms with van der Waals surface area (Å²) in [5.41, 5.74) is -0.484. The summed E-state index contributed by atoms with van der Waals surface area (Å²) in [5.74, 6) is -0.835. The van der Waals surface area contributed by atoms with Crippen LogP contribution in [0.2, 0.25) is 0 Å². The number of hydrogen-bond donors (Lipinski definition) is 0. The summed E-state index contributed by atoms with van der Waals surface area (Å²) in [5, 5.41) is 10.6. The van der Waals surface area contributed by atoms with Gasteiger partial charge in [0.25, 0.3) is 11.6 Å². The smallest absolute Gasteiger partial charge is 0.272 e. The molecule has 1 saturated heterocycles. The van der Waals surface area contributed by atoms with E-state index in [-0.39, 0.29) is 17.3 Å². The summed E-state index contributed by atoms with van der Waals surface area (Å²) < 4.78 is 14.0. The lowest BCUT2D eigenvalue weighted by molar-refractivity contribution is -0.385. The Hall–Kier alpha value is -1.69. The van der Waals surface area contributed by atoms with E-state index >= 15 is 0 Å². The van der Waals surface area contributed by atoms with Crippen molar-refractivity contribution in [3.63, 3.8) is 0 Å². The molecule has 1 aromatic rings. The van der Waals surface area contributed by atoms with Gasteiger partial charge in [-0.3, -0.25) is 14.9 Å². The second-order valence-corrected chi connectivity index (χ2v) is 5.43. The van der Waals surface area contributed by atoms with Crippen LogP contribution in [0.15, 0.2) is 18.2 Å². The Kier molecular flexibility index (Phi) is 5.12. The minimum atomic E-state index is -0.857. The monoisotopic (exact) mass is 314 g/mol. The van der Waals surface area contributed by atoms with Gasteiger partial charge in [-0.05, 0) is 31.7 Å². The van der Waals surface area contributed by atoms with Gasteiger partial charge in [0.1, 0.15) is 5.82 Å². The van der Waals surface area contributed by atoms with Gasteiger partial charge in [0, 0.05) is 24.5 Å². The van der Waals surface area contributed by atoms with Crippen molar-refractivity contribution in [2.24, 2.45) is 0 Å². The third-order valence-corrected chi connectivity index (χ3v) is 3.94. The highest BCUT2D eigenvalue weighted by atomic mass is 35.5. The average Bonchev–Trinajstić information content (AvgIpc) is 2.47. The number of non-ortho nitro benzene ring substituents is 1. The van der Waals surface area contributed by atoms with Crippen molar-refractivity contribution in [3.05, 3.63) is 39.7 Å². The molecule has 0 spiro atoms. The molecule has 1 unspecified atom stereocenters. The standard InChI is InChI=1S/C14H16ClFN2O3/c15-7-6-10-3-1-2-8-17(10)14(19)12-5-4-11(18(20)21)9-13(12)16/h4-5,9-10H,1-3,6-8H2. The molecule has 1 heterocycles. The highest BCUT2D eigenvalue weighted by Gasteiger charge is 2.29. The maximum atomic E-state index is 14.0. The molecule has 0 saturated carbocycles. The second-order valence-electron chi connectivity index (χ2n) is 5.05. The van der Waals surface area contributed by atoms with Crippen molar-refractivity contribution in [3.8, 4) is 0 Å². The number of halogens is 2. The maximum absolute atomic E-state index is 14.0. The highest BCUT2D eigenvalue weighted by molar-refractivity contribution is 6.17. The molecule has 1 aromatic carbocycles. The first-order valence-corrected chi connectivity index (χ1v) is 7.39. The van der Waals surface area contributed by atoms with E-state index in [1.54, 1.807) is 4.90 Å². The van der Waals surface area contributed by atoms with E-state index in [4.69, 9.17) is 11.6 Å². The molecule has 7 heteroatoms. The van der Waals surface area contributed by atoms with Gasteiger partial charge in [-0.25, -0.2) is 4.39 Å². The van der Waals surface area contributed by atoms with Gasteiger partial charge in [0.05, 0.1) is 16.6 Å². The zero-order valence-corrected chi connectivity index (χ0v) is 12.2. The van der Waals surface area contributed by atoms with Gasteiger partial charge < -0.3 is 4.90 Å². The molecular weight excluding hydrogens is 299 g/mol. The first kappa shape index (κ1) is 15.7. The summed E-state index contributed by atoms with van der Waals surface area (Å²) in [7, 11) is 0. The van der Waals surface area contributed by atoms with Crippen molar-refractivity contribution in [2.75, 3.05) is 12.4 Å². The molecule has 21 heavy (non-hydrogen) atoms. The topological polar surface area (TPSA) is 63.4 Å². The Morgan fingerprint density at radius 3 is 2.86 bits per heavy atom. The first-order valence-electron chi connectivity index (χ1n) is 6.85. The minimum absolute atomic E-state index is 0.0124. The van der Waals surface area contributed by atoms with Crippen LogP contribution < -0.4 is 0 Å².